The van der Waals surface area contributed by atoms with Crippen LogP contribution in [0.1, 0.15) is 42.5 Å². The highest BCUT2D eigenvalue weighted by molar-refractivity contribution is 7.99. The van der Waals surface area contributed by atoms with Crippen LogP contribution in [0.15, 0.2) is 76.5 Å². The number of rotatable bonds is 6. The fourth-order valence-corrected chi connectivity index (χ4v) is 7.43. The molecule has 3 aromatic rings. The summed E-state index contributed by atoms with van der Waals surface area (Å²) in [7, 11) is 0. The van der Waals surface area contributed by atoms with Gasteiger partial charge >= 0.3 is 0 Å². The van der Waals surface area contributed by atoms with E-state index in [2.05, 4.69) is 40.1 Å². The minimum atomic E-state index is -1.38. The summed E-state index contributed by atoms with van der Waals surface area (Å²) in [6.45, 7) is 1.78. The molecule has 0 aliphatic carbocycles. The normalized spacial score (nSPS) is 24.9. The quantitative estimate of drug-likeness (QED) is 0.364. The van der Waals surface area contributed by atoms with Crippen molar-refractivity contribution in [3.63, 3.8) is 0 Å². The number of piperidine rings is 1. The summed E-state index contributed by atoms with van der Waals surface area (Å²) in [4.78, 5) is 20.4. The van der Waals surface area contributed by atoms with Crippen molar-refractivity contribution < 1.29 is 14.3 Å². The van der Waals surface area contributed by atoms with E-state index in [4.69, 9.17) is 11.6 Å². The number of hydrogen-bond donors (Lipinski definition) is 1. The first-order valence-electron chi connectivity index (χ1n) is 12.5. The maximum atomic E-state index is 13.3. The minimum Gasteiger partial charge on any atom is -0.382 e. The van der Waals surface area contributed by atoms with Crippen LogP contribution in [0.4, 0.5) is 15.8 Å². The van der Waals surface area contributed by atoms with Crippen molar-refractivity contribution >= 4 is 40.5 Å². The van der Waals surface area contributed by atoms with Gasteiger partial charge < -0.3 is 10.0 Å². The van der Waals surface area contributed by atoms with Crippen molar-refractivity contribution in [3.8, 4) is 0 Å². The Bertz CT molecular complexity index is 1290. The Morgan fingerprint density at radius 1 is 0.972 bits per heavy atom. The fourth-order valence-electron chi connectivity index (χ4n) is 6.19. The third kappa shape index (κ3) is 4.34. The van der Waals surface area contributed by atoms with Gasteiger partial charge in [-0.3, -0.25) is 9.69 Å². The van der Waals surface area contributed by atoms with Gasteiger partial charge in [-0.15, -0.1) is 0 Å². The third-order valence-corrected chi connectivity index (χ3v) is 9.20. The van der Waals surface area contributed by atoms with Crippen LogP contribution in [0.3, 0.4) is 0 Å². The van der Waals surface area contributed by atoms with Crippen LogP contribution in [0.25, 0.3) is 0 Å². The molecule has 2 atom stereocenters. The zero-order chi connectivity index (χ0) is 24.9. The Kier molecular flexibility index (Phi) is 6.32. The molecule has 0 saturated carbocycles. The minimum absolute atomic E-state index is 0.184. The fraction of sp³-hybridized carbons (Fsp3) is 0.345. The summed E-state index contributed by atoms with van der Waals surface area (Å²) >= 11 is 8.14. The largest absolute Gasteiger partial charge is 0.382 e. The zero-order valence-corrected chi connectivity index (χ0v) is 21.4. The number of Topliss-reactive ketones (excluding diaryl/α,β-unsaturated/α-hetero) is 1. The molecule has 3 aliphatic heterocycles. The van der Waals surface area contributed by atoms with E-state index in [1.807, 2.05) is 12.1 Å². The summed E-state index contributed by atoms with van der Waals surface area (Å²) in [5, 5.41) is 12.1. The molecule has 3 aromatic carbocycles. The molecule has 0 spiro atoms. The van der Waals surface area contributed by atoms with Crippen LogP contribution in [0.5, 0.6) is 0 Å². The summed E-state index contributed by atoms with van der Waals surface area (Å²) in [5.41, 5.74) is 1.36. The number of hydrogen-bond acceptors (Lipinski definition) is 5. The van der Waals surface area contributed by atoms with Crippen molar-refractivity contribution in [2.24, 2.45) is 0 Å². The molecule has 2 saturated heterocycles. The van der Waals surface area contributed by atoms with Gasteiger partial charge in [0.2, 0.25) is 0 Å². The number of benzene rings is 3. The van der Waals surface area contributed by atoms with Crippen molar-refractivity contribution in [3.05, 3.63) is 83.1 Å². The van der Waals surface area contributed by atoms with Crippen molar-refractivity contribution in [1.29, 1.82) is 0 Å². The van der Waals surface area contributed by atoms with Gasteiger partial charge in [-0.05, 0) is 86.7 Å². The van der Waals surface area contributed by atoms with Crippen LogP contribution in [-0.4, -0.2) is 46.6 Å². The average Bonchev–Trinajstić information content (AvgIpc) is 3.13. The lowest BCUT2D eigenvalue weighted by Crippen LogP contribution is -2.55. The lowest BCUT2D eigenvalue weighted by molar-refractivity contribution is -0.0323. The van der Waals surface area contributed by atoms with Crippen LogP contribution in [0, 0.1) is 5.82 Å². The van der Waals surface area contributed by atoms with Gasteiger partial charge in [-0.1, -0.05) is 35.5 Å². The van der Waals surface area contributed by atoms with Gasteiger partial charge in [-0.25, -0.2) is 4.39 Å². The zero-order valence-electron chi connectivity index (χ0n) is 19.9. The smallest absolute Gasteiger partial charge is 0.194 e. The van der Waals surface area contributed by atoms with E-state index in [1.54, 1.807) is 11.8 Å². The molecule has 2 fully saturated rings. The Labute approximate surface area is 220 Å². The molecule has 6 rings (SSSR count). The molecular weight excluding hydrogens is 495 g/mol. The van der Waals surface area contributed by atoms with E-state index in [-0.39, 0.29) is 23.7 Å². The molecule has 0 radical (unpaired) electrons. The molecule has 7 heteroatoms. The number of halogens is 2. The van der Waals surface area contributed by atoms with Gasteiger partial charge in [0.25, 0.3) is 0 Å². The lowest BCUT2D eigenvalue weighted by atomic mass is 9.80. The maximum absolute atomic E-state index is 13.3. The topological polar surface area (TPSA) is 43.8 Å². The Balaban J connectivity index is 1.15. The number of carbonyl (C=O) groups excluding carboxylic acids is 1. The van der Waals surface area contributed by atoms with Crippen LogP contribution in [-0.2, 0) is 0 Å². The van der Waals surface area contributed by atoms with Crippen molar-refractivity contribution in [2.75, 3.05) is 18.0 Å². The Morgan fingerprint density at radius 3 is 2.42 bits per heavy atom. The first-order chi connectivity index (χ1) is 17.4. The summed E-state index contributed by atoms with van der Waals surface area (Å²) in [6, 6.07) is 20.4. The van der Waals surface area contributed by atoms with E-state index in [9.17, 15) is 14.3 Å². The molecule has 1 N–H and O–H groups in total. The van der Waals surface area contributed by atoms with Crippen LogP contribution in [0.2, 0.25) is 5.02 Å². The standard InChI is InChI=1S/C29H28ClFN2O2S/c30-20-8-13-27-25(16-20)33(24-4-1-2-5-26(24)36-27)15-3-14-32-22-11-12-23(32)18-29(35,17-22)28(34)19-6-9-21(31)10-7-19/h1-2,4-10,13,16,22-23,35H,3,11-12,14-15,17-18H2. The molecule has 4 nitrogen and oxygen atoms in total. The molecule has 2 unspecified atom stereocenters. The van der Waals surface area contributed by atoms with Gasteiger partial charge in [0.05, 0.1) is 11.4 Å². The van der Waals surface area contributed by atoms with Crippen LogP contribution >= 0.6 is 23.4 Å². The molecule has 2 bridgehead atoms. The summed E-state index contributed by atoms with van der Waals surface area (Å²) in [5.74, 6) is -0.664. The van der Waals surface area contributed by atoms with E-state index in [0.717, 1.165) is 43.1 Å². The maximum Gasteiger partial charge on any atom is 0.194 e. The van der Waals surface area contributed by atoms with Gasteiger partial charge in [0, 0.05) is 45.6 Å². The predicted octanol–water partition coefficient (Wildman–Crippen LogP) is 6.71. The van der Waals surface area contributed by atoms with E-state index in [1.165, 1.54) is 39.7 Å². The van der Waals surface area contributed by atoms with Gasteiger partial charge in [0.15, 0.2) is 5.78 Å². The second-order valence-electron chi connectivity index (χ2n) is 10.1. The van der Waals surface area contributed by atoms with Gasteiger partial charge in [0.1, 0.15) is 11.4 Å². The molecular formula is C29H28ClFN2O2S. The third-order valence-electron chi connectivity index (χ3n) is 7.83. The number of ketones is 1. The molecule has 0 amide bonds. The van der Waals surface area contributed by atoms with Gasteiger partial charge in [-0.2, -0.15) is 0 Å². The monoisotopic (exact) mass is 522 g/mol. The number of anilines is 2. The molecule has 36 heavy (non-hydrogen) atoms. The Morgan fingerprint density at radius 2 is 1.67 bits per heavy atom. The second kappa shape index (κ2) is 9.49. The summed E-state index contributed by atoms with van der Waals surface area (Å²) < 4.78 is 13.3. The molecule has 3 heterocycles. The molecule has 186 valence electrons. The summed E-state index contributed by atoms with van der Waals surface area (Å²) in [6.07, 6.45) is 3.81. The predicted molar refractivity (Wildman–Crippen MR) is 142 cm³/mol. The number of nitrogens with zero attached hydrogens (tertiary/aromatic N) is 2. The highest BCUT2D eigenvalue weighted by atomic mass is 35.5. The van der Waals surface area contributed by atoms with Crippen molar-refractivity contribution in [1.82, 2.24) is 4.90 Å². The lowest BCUT2D eigenvalue weighted by Gasteiger charge is -2.43. The number of carbonyl (C=O) groups is 1. The van der Waals surface area contributed by atoms with E-state index >= 15 is 0 Å². The van der Waals surface area contributed by atoms with Crippen LogP contribution < -0.4 is 4.90 Å². The average molecular weight is 523 g/mol. The number of para-hydroxylation sites is 1. The highest BCUT2D eigenvalue weighted by Crippen LogP contribution is 2.49. The second-order valence-corrected chi connectivity index (χ2v) is 11.6. The highest BCUT2D eigenvalue weighted by Gasteiger charge is 2.51. The SMILES string of the molecule is O=C(c1ccc(F)cc1)C1(O)CC2CCC(C1)N2CCCN1c2ccccc2Sc2ccc(Cl)cc21. The first-order valence-corrected chi connectivity index (χ1v) is 13.7. The number of fused-ring (bicyclic) bond motifs is 4. The Hall–Kier alpha value is -2.38. The van der Waals surface area contributed by atoms with Crippen molar-refractivity contribution in [2.45, 2.75) is 59.6 Å². The first kappa shape index (κ1) is 24.0. The number of aliphatic hydroxyl groups is 1. The van der Waals surface area contributed by atoms with E-state index in [0.29, 0.717) is 18.4 Å². The van der Waals surface area contributed by atoms with E-state index < -0.39 is 5.60 Å². The molecule has 3 aliphatic rings. The molecule has 0 aromatic heterocycles.